The fraction of sp³-hybridized carbons (Fsp3) is 0.579. The summed E-state index contributed by atoms with van der Waals surface area (Å²) in [5.74, 6) is -2.28. The van der Waals surface area contributed by atoms with Gasteiger partial charge in [-0.25, -0.2) is 8.78 Å². The summed E-state index contributed by atoms with van der Waals surface area (Å²) in [6.45, 7) is 1.20. The molecule has 3 rings (SSSR count). The molecule has 0 bridgehead atoms. The highest BCUT2D eigenvalue weighted by Crippen LogP contribution is 2.44. The second-order valence-corrected chi connectivity index (χ2v) is 7.39. The molecular formula is C19H23F2NO3. The molecule has 4 nitrogen and oxygen atoms in total. The summed E-state index contributed by atoms with van der Waals surface area (Å²) in [5.41, 5.74) is -0.0810. The molecule has 1 amide bonds. The van der Waals surface area contributed by atoms with Crippen molar-refractivity contribution in [1.82, 2.24) is 4.90 Å². The zero-order chi connectivity index (χ0) is 18.0. The first-order chi connectivity index (χ1) is 11.9. The lowest BCUT2D eigenvalue weighted by atomic mass is 9.66. The Labute approximate surface area is 145 Å². The average Bonchev–Trinajstić information content (AvgIpc) is 2.54. The highest BCUT2D eigenvalue weighted by molar-refractivity contribution is 5.85. The number of carbonyl (C=O) groups excluding carboxylic acids is 1. The fourth-order valence-electron chi connectivity index (χ4n) is 3.86. The molecule has 0 unspecified atom stereocenters. The summed E-state index contributed by atoms with van der Waals surface area (Å²) in [5, 5.41) is 9.35. The van der Waals surface area contributed by atoms with Crippen LogP contribution >= 0.6 is 0 Å². The molecule has 0 spiro atoms. The third kappa shape index (κ3) is 3.83. The van der Waals surface area contributed by atoms with E-state index in [9.17, 15) is 23.5 Å². The van der Waals surface area contributed by atoms with Gasteiger partial charge in [-0.3, -0.25) is 9.59 Å². The van der Waals surface area contributed by atoms with Crippen LogP contribution in [0.5, 0.6) is 0 Å². The summed E-state index contributed by atoms with van der Waals surface area (Å²) >= 11 is 0. The maximum absolute atomic E-state index is 13.3. The van der Waals surface area contributed by atoms with Crippen molar-refractivity contribution in [3.8, 4) is 0 Å². The molecule has 1 aromatic rings. The van der Waals surface area contributed by atoms with Crippen molar-refractivity contribution in [3.63, 3.8) is 0 Å². The van der Waals surface area contributed by atoms with Gasteiger partial charge in [0.2, 0.25) is 5.91 Å². The van der Waals surface area contributed by atoms with Gasteiger partial charge in [-0.1, -0.05) is 12.5 Å². The molecule has 25 heavy (non-hydrogen) atoms. The molecule has 1 saturated heterocycles. The number of hydrogen-bond acceptors (Lipinski definition) is 2. The number of rotatable bonds is 5. The molecule has 2 aliphatic rings. The number of piperidine rings is 1. The first-order valence-corrected chi connectivity index (χ1v) is 8.85. The van der Waals surface area contributed by atoms with E-state index < -0.39 is 23.0 Å². The van der Waals surface area contributed by atoms with Crippen LogP contribution in [0.2, 0.25) is 0 Å². The van der Waals surface area contributed by atoms with Gasteiger partial charge in [0.1, 0.15) is 0 Å². The molecule has 136 valence electrons. The molecule has 1 aromatic carbocycles. The van der Waals surface area contributed by atoms with Gasteiger partial charge in [0.15, 0.2) is 11.6 Å². The molecule has 0 radical (unpaired) electrons. The average molecular weight is 351 g/mol. The van der Waals surface area contributed by atoms with Gasteiger partial charge in [-0.2, -0.15) is 0 Å². The lowest BCUT2D eigenvalue weighted by Crippen LogP contribution is -2.46. The van der Waals surface area contributed by atoms with E-state index >= 15 is 0 Å². The maximum atomic E-state index is 13.3. The van der Waals surface area contributed by atoms with Crippen molar-refractivity contribution in [2.75, 3.05) is 13.1 Å². The van der Waals surface area contributed by atoms with Crippen LogP contribution < -0.4 is 0 Å². The first-order valence-electron chi connectivity index (χ1n) is 8.85. The summed E-state index contributed by atoms with van der Waals surface area (Å²) in [6, 6.07) is 3.98. The van der Waals surface area contributed by atoms with Crippen LogP contribution in [0.1, 0.15) is 44.1 Å². The molecule has 1 saturated carbocycles. The van der Waals surface area contributed by atoms with Crippen molar-refractivity contribution in [3.05, 3.63) is 35.4 Å². The van der Waals surface area contributed by atoms with E-state index in [4.69, 9.17) is 0 Å². The monoisotopic (exact) mass is 351 g/mol. The molecule has 1 N–H and O–H groups in total. The van der Waals surface area contributed by atoms with Gasteiger partial charge in [0.05, 0.1) is 5.41 Å². The van der Waals surface area contributed by atoms with Gasteiger partial charge in [0, 0.05) is 19.5 Å². The predicted molar refractivity (Wildman–Crippen MR) is 87.9 cm³/mol. The SMILES string of the molecule is O=C(CC1(C(=O)O)CCC1)N1CCC(Cc2ccc(F)c(F)c2)CC1. The number of carboxylic acids is 1. The van der Waals surface area contributed by atoms with Gasteiger partial charge < -0.3 is 10.0 Å². The highest BCUT2D eigenvalue weighted by atomic mass is 19.2. The number of carbonyl (C=O) groups is 2. The van der Waals surface area contributed by atoms with Crippen LogP contribution in [0.3, 0.4) is 0 Å². The quantitative estimate of drug-likeness (QED) is 0.885. The minimum absolute atomic E-state index is 0.0756. The smallest absolute Gasteiger partial charge is 0.310 e. The normalized spacial score (nSPS) is 20.2. The summed E-state index contributed by atoms with van der Waals surface area (Å²) in [7, 11) is 0. The number of carboxylic acid groups (broad SMARTS) is 1. The lowest BCUT2D eigenvalue weighted by Gasteiger charge is -2.40. The van der Waals surface area contributed by atoms with E-state index in [1.807, 2.05) is 0 Å². The Morgan fingerprint density at radius 3 is 2.36 bits per heavy atom. The molecule has 1 heterocycles. The second-order valence-electron chi connectivity index (χ2n) is 7.39. The summed E-state index contributed by atoms with van der Waals surface area (Å²) in [6.07, 6.45) is 4.39. The summed E-state index contributed by atoms with van der Waals surface area (Å²) in [4.78, 5) is 25.6. The Bertz CT molecular complexity index is 665. The number of benzene rings is 1. The van der Waals surface area contributed by atoms with Gasteiger partial charge in [-0.15, -0.1) is 0 Å². The van der Waals surface area contributed by atoms with E-state index in [-0.39, 0.29) is 12.3 Å². The number of halogens is 2. The zero-order valence-electron chi connectivity index (χ0n) is 14.1. The lowest BCUT2D eigenvalue weighted by molar-refractivity contribution is -0.159. The Morgan fingerprint density at radius 2 is 1.84 bits per heavy atom. The predicted octanol–water partition coefficient (Wildman–Crippen LogP) is 3.39. The van der Waals surface area contributed by atoms with Crippen LogP contribution in [0, 0.1) is 23.0 Å². The topological polar surface area (TPSA) is 57.6 Å². The number of aliphatic carboxylic acids is 1. The van der Waals surface area contributed by atoms with Crippen molar-refractivity contribution in [2.24, 2.45) is 11.3 Å². The van der Waals surface area contributed by atoms with Gasteiger partial charge in [0.25, 0.3) is 0 Å². The Kier molecular flexibility index (Phi) is 5.06. The molecule has 2 fully saturated rings. The third-order valence-electron chi connectivity index (χ3n) is 5.73. The van der Waals surface area contributed by atoms with Crippen LogP contribution in [-0.2, 0) is 16.0 Å². The summed E-state index contributed by atoms with van der Waals surface area (Å²) < 4.78 is 26.3. The fourth-order valence-corrected chi connectivity index (χ4v) is 3.86. The van der Waals surface area contributed by atoms with Crippen molar-refractivity contribution >= 4 is 11.9 Å². The number of amides is 1. The van der Waals surface area contributed by atoms with Crippen molar-refractivity contribution in [2.45, 2.75) is 44.9 Å². The highest BCUT2D eigenvalue weighted by Gasteiger charge is 2.46. The van der Waals surface area contributed by atoms with E-state index in [0.29, 0.717) is 38.3 Å². The number of nitrogens with zero attached hydrogens (tertiary/aromatic N) is 1. The van der Waals surface area contributed by atoms with Crippen molar-refractivity contribution < 1.29 is 23.5 Å². The van der Waals surface area contributed by atoms with Crippen LogP contribution in [0.15, 0.2) is 18.2 Å². The maximum Gasteiger partial charge on any atom is 0.310 e. The zero-order valence-corrected chi connectivity index (χ0v) is 14.1. The van der Waals surface area contributed by atoms with E-state index in [2.05, 4.69) is 0 Å². The van der Waals surface area contributed by atoms with E-state index in [0.717, 1.165) is 30.9 Å². The second kappa shape index (κ2) is 7.10. The van der Waals surface area contributed by atoms with Crippen LogP contribution in [0.25, 0.3) is 0 Å². The van der Waals surface area contributed by atoms with Crippen molar-refractivity contribution in [1.29, 1.82) is 0 Å². The Morgan fingerprint density at radius 1 is 1.16 bits per heavy atom. The van der Waals surface area contributed by atoms with Crippen LogP contribution in [-0.4, -0.2) is 35.0 Å². The third-order valence-corrected chi connectivity index (χ3v) is 5.73. The molecular weight excluding hydrogens is 328 g/mol. The van der Waals surface area contributed by atoms with Crippen LogP contribution in [0.4, 0.5) is 8.78 Å². The minimum atomic E-state index is -0.861. The number of hydrogen-bond donors (Lipinski definition) is 1. The minimum Gasteiger partial charge on any atom is -0.481 e. The molecule has 0 atom stereocenters. The van der Waals surface area contributed by atoms with E-state index in [1.54, 1.807) is 11.0 Å². The Balaban J connectivity index is 1.50. The van der Waals surface area contributed by atoms with Gasteiger partial charge in [-0.05, 0) is 55.7 Å². The largest absolute Gasteiger partial charge is 0.481 e. The molecule has 0 aromatic heterocycles. The Hall–Kier alpha value is -1.98. The standard InChI is InChI=1S/C19H23F2NO3/c20-15-3-2-14(11-16(15)21)10-13-4-8-22(9-5-13)17(23)12-19(18(24)25)6-1-7-19/h2-3,11,13H,1,4-10,12H2,(H,24,25). The molecule has 6 heteroatoms. The number of likely N-dealkylation sites (tertiary alicyclic amines) is 1. The first kappa shape index (κ1) is 17.8. The van der Waals surface area contributed by atoms with Gasteiger partial charge >= 0.3 is 5.97 Å². The molecule has 1 aliphatic heterocycles. The van der Waals surface area contributed by atoms with E-state index in [1.165, 1.54) is 6.07 Å². The molecule has 1 aliphatic carbocycles.